The van der Waals surface area contributed by atoms with Gasteiger partial charge in [-0.25, -0.2) is 0 Å². The first-order valence-electron chi connectivity index (χ1n) is 6.57. The van der Waals surface area contributed by atoms with E-state index in [1.165, 1.54) is 6.92 Å². The Morgan fingerprint density at radius 3 is 3.05 bits per heavy atom. The largest absolute Gasteiger partial charge is 0.484 e. The van der Waals surface area contributed by atoms with Crippen LogP contribution in [0, 0.1) is 0 Å². The SMILES string of the molecule is CC(=O)Nc1cccc(OCc2nc(-c3cccs3)no2)c1. The van der Waals surface area contributed by atoms with E-state index in [4.69, 9.17) is 9.26 Å². The van der Waals surface area contributed by atoms with E-state index >= 15 is 0 Å². The summed E-state index contributed by atoms with van der Waals surface area (Å²) in [6.45, 7) is 1.62. The second kappa shape index (κ2) is 6.40. The summed E-state index contributed by atoms with van der Waals surface area (Å²) in [5.74, 6) is 1.44. The third kappa shape index (κ3) is 3.50. The maximum Gasteiger partial charge on any atom is 0.264 e. The van der Waals surface area contributed by atoms with Gasteiger partial charge in [0.25, 0.3) is 5.89 Å². The van der Waals surface area contributed by atoms with E-state index < -0.39 is 0 Å². The minimum Gasteiger partial charge on any atom is -0.484 e. The lowest BCUT2D eigenvalue weighted by Crippen LogP contribution is -2.05. The van der Waals surface area contributed by atoms with Gasteiger partial charge < -0.3 is 14.6 Å². The van der Waals surface area contributed by atoms with Gasteiger partial charge in [-0.1, -0.05) is 17.3 Å². The summed E-state index contributed by atoms with van der Waals surface area (Å²) < 4.78 is 10.8. The molecule has 0 saturated heterocycles. The van der Waals surface area contributed by atoms with Gasteiger partial charge in [-0.15, -0.1) is 11.3 Å². The van der Waals surface area contributed by atoms with Crippen molar-refractivity contribution in [1.29, 1.82) is 0 Å². The molecule has 1 aromatic carbocycles. The fourth-order valence-corrected chi connectivity index (χ4v) is 2.48. The van der Waals surface area contributed by atoms with Gasteiger partial charge in [0.05, 0.1) is 4.88 Å². The number of aromatic nitrogens is 2. The molecule has 0 atom stereocenters. The van der Waals surface area contributed by atoms with Crippen molar-refractivity contribution in [3.8, 4) is 16.5 Å². The highest BCUT2D eigenvalue weighted by Crippen LogP contribution is 2.22. The number of nitrogens with one attached hydrogen (secondary N) is 1. The zero-order valence-electron chi connectivity index (χ0n) is 11.8. The minimum absolute atomic E-state index is 0.130. The van der Waals surface area contributed by atoms with Crippen molar-refractivity contribution in [2.45, 2.75) is 13.5 Å². The first-order valence-corrected chi connectivity index (χ1v) is 7.45. The van der Waals surface area contributed by atoms with Crippen LogP contribution in [-0.4, -0.2) is 16.0 Å². The summed E-state index contributed by atoms with van der Waals surface area (Å²) in [7, 11) is 0. The average Bonchev–Trinajstić information content (AvgIpc) is 3.16. The van der Waals surface area contributed by atoms with Crippen LogP contribution in [0.3, 0.4) is 0 Å². The van der Waals surface area contributed by atoms with E-state index in [9.17, 15) is 4.79 Å². The molecule has 2 aromatic heterocycles. The summed E-state index contributed by atoms with van der Waals surface area (Å²) in [6.07, 6.45) is 0. The fourth-order valence-electron chi connectivity index (χ4n) is 1.83. The number of thiophene rings is 1. The molecular weight excluding hydrogens is 302 g/mol. The van der Waals surface area contributed by atoms with Crippen LogP contribution in [0.5, 0.6) is 5.75 Å². The number of rotatable bonds is 5. The quantitative estimate of drug-likeness (QED) is 0.781. The first-order chi connectivity index (χ1) is 10.7. The van der Waals surface area contributed by atoms with Crippen LogP contribution >= 0.6 is 11.3 Å². The summed E-state index contributed by atoms with van der Waals surface area (Å²) in [5, 5.41) is 8.57. The highest BCUT2D eigenvalue weighted by Gasteiger charge is 2.10. The Morgan fingerprint density at radius 1 is 1.36 bits per heavy atom. The summed E-state index contributed by atoms with van der Waals surface area (Å²) in [4.78, 5) is 16.3. The molecule has 6 nitrogen and oxygen atoms in total. The van der Waals surface area contributed by atoms with E-state index in [0.29, 0.717) is 23.2 Å². The van der Waals surface area contributed by atoms with Gasteiger partial charge in [-0.3, -0.25) is 4.79 Å². The van der Waals surface area contributed by atoms with Crippen molar-refractivity contribution in [3.63, 3.8) is 0 Å². The lowest BCUT2D eigenvalue weighted by molar-refractivity contribution is -0.114. The second-order valence-electron chi connectivity index (χ2n) is 4.49. The standard InChI is InChI=1S/C15H13N3O3S/c1-10(19)16-11-4-2-5-12(8-11)20-9-14-17-15(18-21-14)13-6-3-7-22-13/h2-8H,9H2,1H3,(H,16,19). The molecule has 3 aromatic rings. The maximum absolute atomic E-state index is 11.0. The summed E-state index contributed by atoms with van der Waals surface area (Å²) in [6, 6.07) is 11.0. The van der Waals surface area contributed by atoms with Crippen LogP contribution in [-0.2, 0) is 11.4 Å². The van der Waals surface area contributed by atoms with E-state index in [1.807, 2.05) is 17.5 Å². The van der Waals surface area contributed by atoms with Crippen molar-refractivity contribution >= 4 is 22.9 Å². The lowest BCUT2D eigenvalue weighted by Gasteiger charge is -2.06. The molecule has 0 aliphatic heterocycles. The molecule has 0 aliphatic carbocycles. The van der Waals surface area contributed by atoms with Gasteiger partial charge in [0.15, 0.2) is 6.61 Å². The molecular formula is C15H13N3O3S. The number of carbonyl (C=O) groups is 1. The number of hydrogen-bond donors (Lipinski definition) is 1. The zero-order chi connectivity index (χ0) is 15.4. The normalized spacial score (nSPS) is 10.4. The van der Waals surface area contributed by atoms with Gasteiger partial charge in [0, 0.05) is 18.7 Å². The molecule has 112 valence electrons. The molecule has 0 spiro atoms. The predicted octanol–water partition coefficient (Wildman–Crippen LogP) is 3.34. The van der Waals surface area contributed by atoms with Crippen LogP contribution in [0.2, 0.25) is 0 Å². The van der Waals surface area contributed by atoms with Gasteiger partial charge in [0.2, 0.25) is 11.7 Å². The Labute approximate surface area is 130 Å². The lowest BCUT2D eigenvalue weighted by atomic mass is 10.3. The summed E-state index contributed by atoms with van der Waals surface area (Å²) >= 11 is 1.55. The second-order valence-corrected chi connectivity index (χ2v) is 5.43. The molecule has 3 rings (SSSR count). The summed E-state index contributed by atoms with van der Waals surface area (Å²) in [5.41, 5.74) is 0.676. The number of hydrogen-bond acceptors (Lipinski definition) is 6. The van der Waals surface area contributed by atoms with Crippen LogP contribution in [0.4, 0.5) is 5.69 Å². The van der Waals surface area contributed by atoms with Crippen LogP contribution in [0.15, 0.2) is 46.3 Å². The smallest absolute Gasteiger partial charge is 0.264 e. The molecule has 0 radical (unpaired) electrons. The monoisotopic (exact) mass is 315 g/mol. The van der Waals surface area contributed by atoms with Crippen LogP contribution in [0.1, 0.15) is 12.8 Å². The molecule has 0 bridgehead atoms. The highest BCUT2D eigenvalue weighted by molar-refractivity contribution is 7.13. The molecule has 1 amide bonds. The Balaban J connectivity index is 1.64. The van der Waals surface area contributed by atoms with Crippen molar-refractivity contribution < 1.29 is 14.1 Å². The van der Waals surface area contributed by atoms with E-state index in [1.54, 1.807) is 35.6 Å². The molecule has 22 heavy (non-hydrogen) atoms. The van der Waals surface area contributed by atoms with E-state index in [0.717, 1.165) is 4.88 Å². The molecule has 7 heteroatoms. The van der Waals surface area contributed by atoms with Crippen molar-refractivity contribution in [1.82, 2.24) is 10.1 Å². The van der Waals surface area contributed by atoms with Gasteiger partial charge in [-0.2, -0.15) is 4.98 Å². The van der Waals surface area contributed by atoms with Crippen LogP contribution < -0.4 is 10.1 Å². The number of nitrogens with zero attached hydrogens (tertiary/aromatic N) is 2. The van der Waals surface area contributed by atoms with Gasteiger partial charge >= 0.3 is 0 Å². The topological polar surface area (TPSA) is 77.2 Å². The maximum atomic E-state index is 11.0. The molecule has 0 fully saturated rings. The third-order valence-electron chi connectivity index (χ3n) is 2.73. The van der Waals surface area contributed by atoms with Gasteiger partial charge in [0.1, 0.15) is 5.75 Å². The van der Waals surface area contributed by atoms with Crippen molar-refractivity contribution in [2.75, 3.05) is 5.32 Å². The number of amides is 1. The van der Waals surface area contributed by atoms with Crippen molar-refractivity contribution in [3.05, 3.63) is 47.7 Å². The minimum atomic E-state index is -0.130. The van der Waals surface area contributed by atoms with Crippen LogP contribution in [0.25, 0.3) is 10.7 Å². The first kappa shape index (κ1) is 14.3. The number of anilines is 1. The van der Waals surface area contributed by atoms with E-state index in [-0.39, 0.29) is 12.5 Å². The Kier molecular flexibility index (Phi) is 4.15. The average molecular weight is 315 g/mol. The number of carbonyl (C=O) groups excluding carboxylic acids is 1. The predicted molar refractivity (Wildman–Crippen MR) is 82.7 cm³/mol. The molecule has 0 unspecified atom stereocenters. The molecule has 1 N–H and O–H groups in total. The Morgan fingerprint density at radius 2 is 2.27 bits per heavy atom. The highest BCUT2D eigenvalue weighted by atomic mass is 32.1. The third-order valence-corrected chi connectivity index (χ3v) is 3.59. The Bertz CT molecular complexity index is 768. The molecule has 2 heterocycles. The Hall–Kier alpha value is -2.67. The molecule has 0 aliphatic rings. The fraction of sp³-hybridized carbons (Fsp3) is 0.133. The number of benzene rings is 1. The van der Waals surface area contributed by atoms with Gasteiger partial charge in [-0.05, 0) is 23.6 Å². The zero-order valence-corrected chi connectivity index (χ0v) is 12.6. The van der Waals surface area contributed by atoms with E-state index in [2.05, 4.69) is 15.5 Å². The van der Waals surface area contributed by atoms with Crippen molar-refractivity contribution in [2.24, 2.45) is 0 Å². The molecule has 0 saturated carbocycles. The number of ether oxygens (including phenoxy) is 1.